The van der Waals surface area contributed by atoms with Gasteiger partial charge in [0, 0.05) is 18.7 Å². The van der Waals surface area contributed by atoms with Gasteiger partial charge in [-0.2, -0.15) is 13.2 Å². The third-order valence-corrected chi connectivity index (χ3v) is 3.42. The zero-order valence-electron chi connectivity index (χ0n) is 11.1. The predicted molar refractivity (Wildman–Crippen MR) is 67.2 cm³/mol. The van der Waals surface area contributed by atoms with Gasteiger partial charge < -0.3 is 10.0 Å². The van der Waals surface area contributed by atoms with E-state index in [1.807, 2.05) is 0 Å². The summed E-state index contributed by atoms with van der Waals surface area (Å²) in [6.07, 6.45) is -3.11. The van der Waals surface area contributed by atoms with Crippen molar-refractivity contribution in [2.24, 2.45) is 0 Å². The van der Waals surface area contributed by atoms with Crippen molar-refractivity contribution >= 4 is 5.91 Å². The third-order valence-electron chi connectivity index (χ3n) is 3.42. The molecule has 1 saturated heterocycles. The summed E-state index contributed by atoms with van der Waals surface area (Å²) in [6, 6.07) is 4.15. The Labute approximate surface area is 115 Å². The van der Waals surface area contributed by atoms with Crippen LogP contribution >= 0.6 is 0 Å². The topological polar surface area (TPSA) is 40.5 Å². The van der Waals surface area contributed by atoms with Crippen LogP contribution in [0.4, 0.5) is 13.2 Å². The molecule has 0 saturated carbocycles. The van der Waals surface area contributed by atoms with Crippen LogP contribution in [0, 0.1) is 0 Å². The molecule has 1 heterocycles. The van der Waals surface area contributed by atoms with E-state index in [0.717, 1.165) is 12.1 Å². The van der Waals surface area contributed by atoms with Gasteiger partial charge in [0.1, 0.15) is 0 Å². The van der Waals surface area contributed by atoms with Crippen molar-refractivity contribution in [1.82, 2.24) is 4.90 Å². The van der Waals surface area contributed by atoms with Crippen LogP contribution in [0.3, 0.4) is 0 Å². The number of benzene rings is 1. The number of hydrogen-bond acceptors (Lipinski definition) is 2. The number of hydrogen-bond donors (Lipinski definition) is 1. The zero-order chi connectivity index (χ0) is 15.0. The number of carbonyl (C=O) groups excluding carboxylic acids is 1. The Kier molecular flexibility index (Phi) is 3.77. The Balaban J connectivity index is 2.13. The highest BCUT2D eigenvalue weighted by Crippen LogP contribution is 2.29. The SMILES string of the molecule is CC1(O)CCCN(C(=O)c2ccc(C(F)(F)F)cc2)C1. The molecule has 6 heteroatoms. The fourth-order valence-corrected chi connectivity index (χ4v) is 2.38. The number of rotatable bonds is 1. The lowest BCUT2D eigenvalue weighted by Gasteiger charge is -2.36. The van der Waals surface area contributed by atoms with Crippen molar-refractivity contribution in [2.75, 3.05) is 13.1 Å². The number of halogens is 3. The number of carbonyl (C=O) groups is 1. The van der Waals surface area contributed by atoms with Crippen LogP contribution < -0.4 is 0 Å². The summed E-state index contributed by atoms with van der Waals surface area (Å²) in [5, 5.41) is 9.95. The Morgan fingerprint density at radius 1 is 1.30 bits per heavy atom. The number of nitrogens with zero attached hydrogens (tertiary/aromatic N) is 1. The molecule has 0 radical (unpaired) electrons. The molecule has 1 unspecified atom stereocenters. The molecule has 1 aromatic carbocycles. The summed E-state index contributed by atoms with van der Waals surface area (Å²) < 4.78 is 37.3. The van der Waals surface area contributed by atoms with Gasteiger partial charge in [-0.3, -0.25) is 4.79 Å². The van der Waals surface area contributed by atoms with Crippen molar-refractivity contribution in [3.05, 3.63) is 35.4 Å². The van der Waals surface area contributed by atoms with E-state index in [4.69, 9.17) is 0 Å². The van der Waals surface area contributed by atoms with E-state index in [0.29, 0.717) is 19.4 Å². The first-order valence-electron chi connectivity index (χ1n) is 6.38. The molecular weight excluding hydrogens is 271 g/mol. The van der Waals surface area contributed by atoms with Crippen molar-refractivity contribution < 1.29 is 23.1 Å². The molecule has 1 aliphatic rings. The van der Waals surface area contributed by atoms with E-state index in [1.54, 1.807) is 6.92 Å². The number of likely N-dealkylation sites (tertiary alicyclic amines) is 1. The standard InChI is InChI=1S/C14H16F3NO2/c1-13(20)7-2-8-18(9-13)12(19)10-3-5-11(6-4-10)14(15,16)17/h3-6,20H,2,7-9H2,1H3. The number of amides is 1. The zero-order valence-corrected chi connectivity index (χ0v) is 11.1. The first-order valence-corrected chi connectivity index (χ1v) is 6.38. The molecule has 0 spiro atoms. The number of piperidine rings is 1. The molecule has 0 aliphatic carbocycles. The quantitative estimate of drug-likeness (QED) is 0.862. The second-order valence-electron chi connectivity index (χ2n) is 5.40. The summed E-state index contributed by atoms with van der Waals surface area (Å²) in [5.41, 5.74) is -1.50. The Hall–Kier alpha value is -1.56. The third kappa shape index (κ3) is 3.30. The second-order valence-corrected chi connectivity index (χ2v) is 5.40. The van der Waals surface area contributed by atoms with Crippen LogP contribution in [0.25, 0.3) is 0 Å². The molecule has 3 nitrogen and oxygen atoms in total. The molecule has 0 bridgehead atoms. The lowest BCUT2D eigenvalue weighted by atomic mass is 9.94. The van der Waals surface area contributed by atoms with Crippen molar-refractivity contribution in [2.45, 2.75) is 31.5 Å². The van der Waals surface area contributed by atoms with Crippen molar-refractivity contribution in [3.63, 3.8) is 0 Å². The van der Waals surface area contributed by atoms with Crippen LogP contribution in [-0.2, 0) is 6.18 Å². The van der Waals surface area contributed by atoms with Crippen LogP contribution in [0.1, 0.15) is 35.7 Å². The minimum Gasteiger partial charge on any atom is -0.388 e. The van der Waals surface area contributed by atoms with Crippen molar-refractivity contribution in [1.29, 1.82) is 0 Å². The van der Waals surface area contributed by atoms with Gasteiger partial charge in [-0.25, -0.2) is 0 Å². The summed E-state index contributed by atoms with van der Waals surface area (Å²) in [5.74, 6) is -0.348. The monoisotopic (exact) mass is 287 g/mol. The second kappa shape index (κ2) is 5.09. The molecule has 110 valence electrons. The summed E-state index contributed by atoms with van der Waals surface area (Å²) in [6.45, 7) is 2.36. The van der Waals surface area contributed by atoms with Gasteiger partial charge in [-0.1, -0.05) is 0 Å². The van der Waals surface area contributed by atoms with E-state index >= 15 is 0 Å². The molecular formula is C14H16F3NO2. The smallest absolute Gasteiger partial charge is 0.388 e. The average Bonchev–Trinajstić information content (AvgIpc) is 2.36. The Morgan fingerprint density at radius 2 is 1.90 bits per heavy atom. The first-order chi connectivity index (χ1) is 9.19. The summed E-state index contributed by atoms with van der Waals surface area (Å²) in [4.78, 5) is 13.7. The predicted octanol–water partition coefficient (Wildman–Crippen LogP) is 2.69. The minimum absolute atomic E-state index is 0.201. The van der Waals surface area contributed by atoms with Gasteiger partial charge in [0.15, 0.2) is 0 Å². The molecule has 1 N–H and O–H groups in total. The number of alkyl halides is 3. The number of aliphatic hydroxyl groups is 1. The fourth-order valence-electron chi connectivity index (χ4n) is 2.38. The van der Waals surface area contributed by atoms with Gasteiger partial charge in [0.25, 0.3) is 5.91 Å². The molecule has 1 aliphatic heterocycles. The molecule has 2 rings (SSSR count). The van der Waals surface area contributed by atoms with E-state index in [-0.39, 0.29) is 18.0 Å². The molecule has 1 fully saturated rings. The normalized spacial score (nSPS) is 23.8. The van der Waals surface area contributed by atoms with E-state index in [9.17, 15) is 23.1 Å². The van der Waals surface area contributed by atoms with E-state index in [1.165, 1.54) is 17.0 Å². The maximum absolute atomic E-state index is 12.4. The average molecular weight is 287 g/mol. The van der Waals surface area contributed by atoms with Crippen LogP contribution in [-0.4, -0.2) is 34.6 Å². The highest BCUT2D eigenvalue weighted by molar-refractivity contribution is 5.94. The summed E-state index contributed by atoms with van der Waals surface area (Å²) >= 11 is 0. The van der Waals surface area contributed by atoms with Crippen molar-refractivity contribution in [3.8, 4) is 0 Å². The van der Waals surface area contributed by atoms with Crippen LogP contribution in [0.5, 0.6) is 0 Å². The Bertz CT molecular complexity index is 494. The maximum Gasteiger partial charge on any atom is 0.416 e. The minimum atomic E-state index is -4.41. The van der Waals surface area contributed by atoms with E-state index < -0.39 is 17.3 Å². The highest BCUT2D eigenvalue weighted by atomic mass is 19.4. The lowest BCUT2D eigenvalue weighted by molar-refractivity contribution is -0.137. The van der Waals surface area contributed by atoms with Crippen LogP contribution in [0.2, 0.25) is 0 Å². The highest BCUT2D eigenvalue weighted by Gasteiger charge is 2.33. The molecule has 1 aromatic rings. The summed E-state index contributed by atoms with van der Waals surface area (Å²) in [7, 11) is 0. The molecule has 1 atom stereocenters. The Morgan fingerprint density at radius 3 is 2.40 bits per heavy atom. The first kappa shape index (κ1) is 14.8. The van der Waals surface area contributed by atoms with Gasteiger partial charge in [-0.15, -0.1) is 0 Å². The van der Waals surface area contributed by atoms with E-state index in [2.05, 4.69) is 0 Å². The number of β-amino-alcohol motifs (C(OH)–C–C–N with tert-alkyl or cyclic N) is 1. The molecule has 0 aromatic heterocycles. The maximum atomic E-state index is 12.4. The molecule has 20 heavy (non-hydrogen) atoms. The van der Waals surface area contributed by atoms with Gasteiger partial charge in [0.05, 0.1) is 11.2 Å². The molecule has 1 amide bonds. The van der Waals surface area contributed by atoms with Gasteiger partial charge in [0.2, 0.25) is 0 Å². The fraction of sp³-hybridized carbons (Fsp3) is 0.500. The van der Waals surface area contributed by atoms with Gasteiger partial charge >= 0.3 is 6.18 Å². The van der Waals surface area contributed by atoms with Gasteiger partial charge in [-0.05, 0) is 44.0 Å². The largest absolute Gasteiger partial charge is 0.416 e. The van der Waals surface area contributed by atoms with Crippen LogP contribution in [0.15, 0.2) is 24.3 Å². The lowest BCUT2D eigenvalue weighted by Crippen LogP contribution is -2.48.